The lowest BCUT2D eigenvalue weighted by Crippen LogP contribution is -2.08. The lowest BCUT2D eigenvalue weighted by atomic mass is 10.1. The number of aromatic nitrogens is 1. The van der Waals surface area contributed by atoms with Crippen molar-refractivity contribution in [2.75, 3.05) is 0 Å². The van der Waals surface area contributed by atoms with E-state index in [9.17, 15) is 18.0 Å². The lowest BCUT2D eigenvalue weighted by molar-refractivity contribution is -0.141. The van der Waals surface area contributed by atoms with E-state index in [1.54, 1.807) is 12.1 Å². The van der Waals surface area contributed by atoms with Crippen molar-refractivity contribution < 1.29 is 27.8 Å². The zero-order valence-electron chi connectivity index (χ0n) is 10.6. The van der Waals surface area contributed by atoms with Gasteiger partial charge >= 0.3 is 12.1 Å². The molecule has 0 aliphatic carbocycles. The van der Waals surface area contributed by atoms with Gasteiger partial charge in [0.15, 0.2) is 0 Å². The predicted molar refractivity (Wildman–Crippen MR) is 67.1 cm³/mol. The van der Waals surface area contributed by atoms with Crippen molar-refractivity contribution in [3.63, 3.8) is 0 Å². The first-order valence-corrected chi connectivity index (χ1v) is 5.87. The zero-order valence-corrected chi connectivity index (χ0v) is 10.6. The SMILES string of the molecule is O=C(O)Cc1cccc(Oc2cccc(C(F)(F)F)n2)c1. The molecule has 1 aromatic carbocycles. The summed E-state index contributed by atoms with van der Waals surface area (Å²) in [5.74, 6) is -0.998. The molecule has 110 valence electrons. The average Bonchev–Trinajstić information content (AvgIpc) is 2.37. The molecule has 0 saturated heterocycles. The number of aliphatic carboxylic acids is 1. The molecule has 1 aromatic heterocycles. The largest absolute Gasteiger partial charge is 0.481 e. The van der Waals surface area contributed by atoms with Gasteiger partial charge in [-0.25, -0.2) is 4.98 Å². The van der Waals surface area contributed by atoms with Gasteiger partial charge < -0.3 is 9.84 Å². The Kier molecular flexibility index (Phi) is 4.11. The second kappa shape index (κ2) is 5.82. The molecule has 0 radical (unpaired) electrons. The van der Waals surface area contributed by atoms with Crippen LogP contribution >= 0.6 is 0 Å². The molecule has 0 aliphatic heterocycles. The lowest BCUT2D eigenvalue weighted by Gasteiger charge is -2.09. The summed E-state index contributed by atoms with van der Waals surface area (Å²) in [6, 6.07) is 9.41. The fraction of sp³-hybridized carbons (Fsp3) is 0.143. The van der Waals surface area contributed by atoms with Crippen molar-refractivity contribution in [1.82, 2.24) is 4.98 Å². The van der Waals surface area contributed by atoms with E-state index in [2.05, 4.69) is 4.98 Å². The van der Waals surface area contributed by atoms with E-state index in [1.807, 2.05) is 0 Å². The number of carbonyl (C=O) groups is 1. The maximum atomic E-state index is 12.5. The van der Waals surface area contributed by atoms with Crippen molar-refractivity contribution in [3.8, 4) is 11.6 Å². The molecule has 0 atom stereocenters. The van der Waals surface area contributed by atoms with E-state index in [0.29, 0.717) is 5.56 Å². The van der Waals surface area contributed by atoms with Gasteiger partial charge in [-0.15, -0.1) is 0 Å². The van der Waals surface area contributed by atoms with E-state index in [1.165, 1.54) is 24.3 Å². The van der Waals surface area contributed by atoms with Gasteiger partial charge in [0.2, 0.25) is 5.88 Å². The Balaban J connectivity index is 2.20. The summed E-state index contributed by atoms with van der Waals surface area (Å²) in [6.07, 6.45) is -4.75. The number of halogens is 3. The highest BCUT2D eigenvalue weighted by atomic mass is 19.4. The Bertz CT molecular complexity index is 656. The van der Waals surface area contributed by atoms with E-state index in [4.69, 9.17) is 9.84 Å². The molecule has 0 spiro atoms. The third kappa shape index (κ3) is 4.20. The minimum Gasteiger partial charge on any atom is -0.481 e. The van der Waals surface area contributed by atoms with Crippen LogP contribution in [-0.4, -0.2) is 16.1 Å². The van der Waals surface area contributed by atoms with Crippen molar-refractivity contribution in [3.05, 3.63) is 53.7 Å². The maximum Gasteiger partial charge on any atom is 0.433 e. The van der Waals surface area contributed by atoms with Crippen LogP contribution in [0.2, 0.25) is 0 Å². The normalized spacial score (nSPS) is 11.2. The highest BCUT2D eigenvalue weighted by Gasteiger charge is 2.32. The number of alkyl halides is 3. The van der Waals surface area contributed by atoms with Gasteiger partial charge in [0.1, 0.15) is 11.4 Å². The zero-order chi connectivity index (χ0) is 15.5. The van der Waals surface area contributed by atoms with Crippen LogP contribution in [0.1, 0.15) is 11.3 Å². The molecule has 0 saturated carbocycles. The van der Waals surface area contributed by atoms with Gasteiger partial charge in [0, 0.05) is 6.07 Å². The number of ether oxygens (including phenoxy) is 1. The standard InChI is InChI=1S/C14H10F3NO3/c15-14(16,17)11-5-2-6-12(18-11)21-10-4-1-3-9(7-10)8-13(19)20/h1-7H,8H2,(H,19,20). The second-order valence-corrected chi connectivity index (χ2v) is 4.18. The van der Waals surface area contributed by atoms with Crippen molar-refractivity contribution in [1.29, 1.82) is 0 Å². The molecule has 4 nitrogen and oxygen atoms in total. The molecule has 1 N–H and O–H groups in total. The topological polar surface area (TPSA) is 59.4 Å². The summed E-state index contributed by atoms with van der Waals surface area (Å²) in [4.78, 5) is 14.0. The molecule has 0 amide bonds. The van der Waals surface area contributed by atoms with Crippen LogP contribution in [-0.2, 0) is 17.4 Å². The average molecular weight is 297 g/mol. The van der Waals surface area contributed by atoms with Gasteiger partial charge in [-0.3, -0.25) is 4.79 Å². The highest BCUT2D eigenvalue weighted by Crippen LogP contribution is 2.29. The number of benzene rings is 1. The molecular weight excluding hydrogens is 287 g/mol. The Hall–Kier alpha value is -2.57. The third-order valence-corrected chi connectivity index (χ3v) is 2.49. The highest BCUT2D eigenvalue weighted by molar-refractivity contribution is 5.70. The molecule has 0 fully saturated rings. The minimum absolute atomic E-state index is 0.201. The number of hydrogen-bond acceptors (Lipinski definition) is 3. The maximum absolute atomic E-state index is 12.5. The minimum atomic E-state index is -4.55. The number of rotatable bonds is 4. The number of carboxylic acids is 1. The summed E-state index contributed by atoms with van der Waals surface area (Å²) >= 11 is 0. The summed E-state index contributed by atoms with van der Waals surface area (Å²) < 4.78 is 42.8. The summed E-state index contributed by atoms with van der Waals surface area (Å²) in [5.41, 5.74) is -0.575. The summed E-state index contributed by atoms with van der Waals surface area (Å²) in [5, 5.41) is 8.70. The summed E-state index contributed by atoms with van der Waals surface area (Å²) in [7, 11) is 0. The van der Waals surface area contributed by atoms with Crippen LogP contribution in [0.4, 0.5) is 13.2 Å². The van der Waals surface area contributed by atoms with E-state index < -0.39 is 17.8 Å². The first-order chi connectivity index (χ1) is 9.84. The first kappa shape index (κ1) is 14.8. The van der Waals surface area contributed by atoms with Gasteiger partial charge in [-0.2, -0.15) is 13.2 Å². The van der Waals surface area contributed by atoms with Crippen LogP contribution < -0.4 is 4.74 Å². The quantitative estimate of drug-likeness (QED) is 0.938. The molecule has 0 bridgehead atoms. The second-order valence-electron chi connectivity index (χ2n) is 4.18. The van der Waals surface area contributed by atoms with Gasteiger partial charge in [-0.05, 0) is 23.8 Å². The first-order valence-electron chi connectivity index (χ1n) is 5.87. The number of nitrogens with zero attached hydrogens (tertiary/aromatic N) is 1. The molecule has 2 aromatic rings. The molecule has 2 rings (SSSR count). The third-order valence-electron chi connectivity index (χ3n) is 2.49. The Morgan fingerprint density at radius 2 is 1.90 bits per heavy atom. The monoisotopic (exact) mass is 297 g/mol. The Labute approximate surface area is 117 Å². The van der Waals surface area contributed by atoms with Gasteiger partial charge in [0.25, 0.3) is 0 Å². The van der Waals surface area contributed by atoms with E-state index in [-0.39, 0.29) is 18.1 Å². The number of carboxylic acid groups (broad SMARTS) is 1. The van der Waals surface area contributed by atoms with Crippen LogP contribution in [0.3, 0.4) is 0 Å². The summed E-state index contributed by atoms with van der Waals surface area (Å²) in [6.45, 7) is 0. The molecule has 0 unspecified atom stereocenters. The fourth-order valence-electron chi connectivity index (χ4n) is 1.64. The van der Waals surface area contributed by atoms with Crippen LogP contribution in [0.5, 0.6) is 11.6 Å². The Morgan fingerprint density at radius 3 is 2.57 bits per heavy atom. The Morgan fingerprint density at radius 1 is 1.19 bits per heavy atom. The fourth-order valence-corrected chi connectivity index (χ4v) is 1.64. The van der Waals surface area contributed by atoms with Gasteiger partial charge in [-0.1, -0.05) is 18.2 Å². The van der Waals surface area contributed by atoms with Crippen molar-refractivity contribution in [2.24, 2.45) is 0 Å². The van der Waals surface area contributed by atoms with E-state index in [0.717, 1.165) is 6.07 Å². The smallest absolute Gasteiger partial charge is 0.433 e. The van der Waals surface area contributed by atoms with Crippen molar-refractivity contribution in [2.45, 2.75) is 12.6 Å². The van der Waals surface area contributed by atoms with Gasteiger partial charge in [0.05, 0.1) is 6.42 Å². The van der Waals surface area contributed by atoms with Crippen LogP contribution in [0, 0.1) is 0 Å². The molecule has 1 heterocycles. The molecular formula is C14H10F3NO3. The predicted octanol–water partition coefficient (Wildman–Crippen LogP) is 3.52. The van der Waals surface area contributed by atoms with Crippen LogP contribution in [0.15, 0.2) is 42.5 Å². The number of hydrogen-bond donors (Lipinski definition) is 1. The molecule has 21 heavy (non-hydrogen) atoms. The van der Waals surface area contributed by atoms with Crippen molar-refractivity contribution >= 4 is 5.97 Å². The van der Waals surface area contributed by atoms with Crippen LogP contribution in [0.25, 0.3) is 0 Å². The van der Waals surface area contributed by atoms with E-state index >= 15 is 0 Å². The molecule has 7 heteroatoms. The number of pyridine rings is 1. The molecule has 0 aliphatic rings.